The zero-order valence-corrected chi connectivity index (χ0v) is 18.1. The van der Waals surface area contributed by atoms with E-state index < -0.39 is 8.80 Å². The Balaban J connectivity index is 1.77. The van der Waals surface area contributed by atoms with Gasteiger partial charge in [0.2, 0.25) is 0 Å². The number of benzene rings is 1. The number of amides is 2. The Hall–Kier alpha value is -2.20. The van der Waals surface area contributed by atoms with Gasteiger partial charge in [0.25, 0.3) is 0 Å². The van der Waals surface area contributed by atoms with Gasteiger partial charge < -0.3 is 28.1 Å². The van der Waals surface area contributed by atoms with Crippen LogP contribution in [-0.4, -0.2) is 70.8 Å². The van der Waals surface area contributed by atoms with Gasteiger partial charge in [0.05, 0.1) is 0 Å². The normalized spacial score (nSPS) is 11.4. The molecule has 1 aromatic heterocycles. The highest BCUT2D eigenvalue weighted by atomic mass is 28.4. The molecule has 2 amide bonds. The van der Waals surface area contributed by atoms with E-state index in [1.807, 2.05) is 36.5 Å². The fourth-order valence-electron chi connectivity index (χ4n) is 2.89. The van der Waals surface area contributed by atoms with Crippen LogP contribution in [0.1, 0.15) is 6.42 Å². The van der Waals surface area contributed by atoms with E-state index in [1.54, 1.807) is 39.5 Å². The first-order valence-corrected chi connectivity index (χ1v) is 11.2. The molecule has 0 aliphatic rings. The first kappa shape index (κ1) is 22.1. The lowest BCUT2D eigenvalue weighted by atomic mass is 10.2. The van der Waals surface area contributed by atoms with Crippen molar-refractivity contribution in [3.8, 4) is 11.4 Å². The zero-order chi connectivity index (χ0) is 20.4. The van der Waals surface area contributed by atoms with Crippen molar-refractivity contribution in [2.45, 2.75) is 19.0 Å². The van der Waals surface area contributed by atoms with E-state index in [4.69, 9.17) is 13.3 Å². The van der Waals surface area contributed by atoms with Crippen molar-refractivity contribution in [2.75, 3.05) is 41.5 Å². The molecule has 1 N–H and O–H groups in total. The minimum Gasteiger partial charge on any atom is -0.377 e. The zero-order valence-electron chi connectivity index (χ0n) is 17.1. The van der Waals surface area contributed by atoms with Crippen LogP contribution in [0, 0.1) is 0 Å². The SMILES string of the molecule is CO[Si](CCCNC(=O)N(C)CCn1ccnc1-c1ccccc1)(OC)OC. The van der Waals surface area contributed by atoms with Crippen LogP contribution in [0.5, 0.6) is 0 Å². The summed E-state index contributed by atoms with van der Waals surface area (Å²) in [5, 5.41) is 2.92. The lowest BCUT2D eigenvalue weighted by Gasteiger charge is -2.24. The molecule has 0 bridgehead atoms. The Bertz CT molecular complexity index is 713. The van der Waals surface area contributed by atoms with Crippen molar-refractivity contribution >= 4 is 14.8 Å². The Morgan fingerprint density at radius 1 is 1.18 bits per heavy atom. The number of aromatic nitrogens is 2. The molecular weight excluding hydrogens is 376 g/mol. The molecule has 0 saturated heterocycles. The topological polar surface area (TPSA) is 77.9 Å². The molecule has 2 aromatic rings. The number of nitrogens with zero attached hydrogens (tertiary/aromatic N) is 3. The smallest absolute Gasteiger partial charge is 0.377 e. The molecular formula is C19H30N4O4Si. The molecule has 154 valence electrons. The predicted octanol–water partition coefficient (Wildman–Crippen LogP) is 2.46. The Morgan fingerprint density at radius 2 is 1.86 bits per heavy atom. The van der Waals surface area contributed by atoms with Gasteiger partial charge in [-0.1, -0.05) is 30.3 Å². The van der Waals surface area contributed by atoms with Gasteiger partial charge in [-0.25, -0.2) is 9.78 Å². The maximum Gasteiger partial charge on any atom is 0.500 e. The van der Waals surface area contributed by atoms with Gasteiger partial charge in [-0.15, -0.1) is 0 Å². The van der Waals surface area contributed by atoms with Gasteiger partial charge in [0.1, 0.15) is 5.82 Å². The second-order valence-corrected chi connectivity index (χ2v) is 9.45. The Kier molecular flexibility index (Phi) is 8.65. The first-order valence-electron chi connectivity index (χ1n) is 9.26. The summed E-state index contributed by atoms with van der Waals surface area (Å²) in [4.78, 5) is 18.4. The number of hydrogen-bond donors (Lipinski definition) is 1. The van der Waals surface area contributed by atoms with Gasteiger partial charge in [-0.2, -0.15) is 0 Å². The number of nitrogens with one attached hydrogen (secondary N) is 1. The van der Waals surface area contributed by atoms with Crippen LogP contribution in [-0.2, 0) is 19.8 Å². The third-order valence-electron chi connectivity index (χ3n) is 4.64. The van der Waals surface area contributed by atoms with Crippen molar-refractivity contribution in [1.82, 2.24) is 19.8 Å². The van der Waals surface area contributed by atoms with Crippen LogP contribution in [0.15, 0.2) is 42.7 Å². The van der Waals surface area contributed by atoms with Crippen LogP contribution in [0.25, 0.3) is 11.4 Å². The number of imidazole rings is 1. The number of rotatable bonds is 11. The third kappa shape index (κ3) is 5.90. The molecule has 1 aromatic carbocycles. The standard InChI is InChI=1S/C19H30N4O4Si/c1-22(19(24)21-11-8-16-28(25-2,26-3)27-4)14-15-23-13-12-20-18(23)17-9-6-5-7-10-17/h5-7,9-10,12-13H,8,11,14-16H2,1-4H3,(H,21,24). The fourth-order valence-corrected chi connectivity index (χ4v) is 4.61. The van der Waals surface area contributed by atoms with Gasteiger partial charge in [-0.3, -0.25) is 0 Å². The summed E-state index contributed by atoms with van der Waals surface area (Å²) < 4.78 is 18.2. The summed E-state index contributed by atoms with van der Waals surface area (Å²) in [5.41, 5.74) is 1.06. The number of likely N-dealkylation sites (N-methyl/N-ethyl adjacent to an activating group) is 1. The molecule has 0 radical (unpaired) electrons. The summed E-state index contributed by atoms with van der Waals surface area (Å²) in [6.45, 7) is 1.78. The van der Waals surface area contributed by atoms with Gasteiger partial charge >= 0.3 is 14.8 Å². The van der Waals surface area contributed by atoms with Crippen molar-refractivity contribution < 1.29 is 18.1 Å². The predicted molar refractivity (Wildman–Crippen MR) is 110 cm³/mol. The van der Waals surface area contributed by atoms with Crippen LogP contribution >= 0.6 is 0 Å². The van der Waals surface area contributed by atoms with Gasteiger partial charge in [-0.05, 0) is 6.42 Å². The summed E-state index contributed by atoms with van der Waals surface area (Å²) in [6, 6.07) is 10.5. The third-order valence-corrected chi connectivity index (χ3v) is 7.47. The number of carbonyl (C=O) groups is 1. The van der Waals surface area contributed by atoms with Gasteiger partial charge in [0.15, 0.2) is 0 Å². The highest BCUT2D eigenvalue weighted by molar-refractivity contribution is 6.60. The molecule has 0 saturated carbocycles. The van der Waals surface area contributed by atoms with Crippen LogP contribution in [0.4, 0.5) is 4.79 Å². The molecule has 0 unspecified atom stereocenters. The highest BCUT2D eigenvalue weighted by Gasteiger charge is 2.36. The molecule has 28 heavy (non-hydrogen) atoms. The molecule has 0 atom stereocenters. The monoisotopic (exact) mass is 406 g/mol. The molecule has 0 aliphatic carbocycles. The maximum atomic E-state index is 12.3. The summed E-state index contributed by atoms with van der Waals surface area (Å²) in [5.74, 6) is 0.898. The second-order valence-electron chi connectivity index (χ2n) is 6.36. The van der Waals surface area contributed by atoms with Crippen LogP contribution in [0.3, 0.4) is 0 Å². The Labute approximate surface area is 167 Å². The largest absolute Gasteiger partial charge is 0.500 e. The van der Waals surface area contributed by atoms with Crippen molar-refractivity contribution in [3.63, 3.8) is 0 Å². The number of carbonyl (C=O) groups excluding carboxylic acids is 1. The fraction of sp³-hybridized carbons (Fsp3) is 0.474. The van der Waals surface area contributed by atoms with E-state index in [0.717, 1.165) is 17.8 Å². The number of urea groups is 1. The minimum atomic E-state index is -2.58. The average Bonchev–Trinajstić information content (AvgIpc) is 3.21. The molecule has 2 rings (SSSR count). The quantitative estimate of drug-likeness (QED) is 0.458. The maximum absolute atomic E-state index is 12.3. The average molecular weight is 407 g/mol. The minimum absolute atomic E-state index is 0.110. The van der Waals surface area contributed by atoms with E-state index in [2.05, 4.69) is 14.9 Å². The Morgan fingerprint density at radius 3 is 2.50 bits per heavy atom. The summed E-state index contributed by atoms with van der Waals surface area (Å²) in [7, 11) is 3.97. The molecule has 9 heteroatoms. The first-order chi connectivity index (χ1) is 13.5. The molecule has 0 fully saturated rings. The van der Waals surface area contributed by atoms with E-state index in [9.17, 15) is 4.79 Å². The lowest BCUT2D eigenvalue weighted by Crippen LogP contribution is -2.44. The summed E-state index contributed by atoms with van der Waals surface area (Å²) in [6.07, 6.45) is 4.43. The highest BCUT2D eigenvalue weighted by Crippen LogP contribution is 2.17. The second kappa shape index (κ2) is 11.0. The molecule has 1 heterocycles. The van der Waals surface area contributed by atoms with Crippen molar-refractivity contribution in [3.05, 3.63) is 42.7 Å². The van der Waals surface area contributed by atoms with Crippen molar-refractivity contribution in [1.29, 1.82) is 0 Å². The molecule has 8 nitrogen and oxygen atoms in total. The van der Waals surface area contributed by atoms with E-state index in [0.29, 0.717) is 25.7 Å². The van der Waals surface area contributed by atoms with Gasteiger partial charge in [0, 0.05) is 72.0 Å². The molecule has 0 spiro atoms. The van der Waals surface area contributed by atoms with Crippen LogP contribution in [0.2, 0.25) is 6.04 Å². The van der Waals surface area contributed by atoms with Crippen molar-refractivity contribution in [2.24, 2.45) is 0 Å². The summed E-state index contributed by atoms with van der Waals surface area (Å²) >= 11 is 0. The lowest BCUT2D eigenvalue weighted by molar-refractivity contribution is 0.123. The van der Waals surface area contributed by atoms with E-state index in [1.165, 1.54) is 0 Å². The van der Waals surface area contributed by atoms with Crippen LogP contribution < -0.4 is 5.32 Å². The molecule has 0 aliphatic heterocycles. The van der Waals surface area contributed by atoms with E-state index in [-0.39, 0.29) is 6.03 Å². The number of hydrogen-bond acceptors (Lipinski definition) is 5. The van der Waals surface area contributed by atoms with E-state index >= 15 is 0 Å².